The van der Waals surface area contributed by atoms with E-state index in [2.05, 4.69) is 5.32 Å². The molecule has 3 nitrogen and oxygen atoms in total. The number of nitrogens with one attached hydrogen (secondary N) is 1. The molecule has 1 aliphatic heterocycles. The number of halogens is 1. The third kappa shape index (κ3) is 3.91. The van der Waals surface area contributed by atoms with Crippen LogP contribution < -0.4 is 10.2 Å². The van der Waals surface area contributed by atoms with Crippen LogP contribution in [-0.4, -0.2) is 32.8 Å². The third-order valence-corrected chi connectivity index (χ3v) is 3.50. The van der Waals surface area contributed by atoms with Crippen molar-refractivity contribution in [1.29, 1.82) is 0 Å². The number of anilines is 1. The van der Waals surface area contributed by atoms with Crippen molar-refractivity contribution >= 4 is 5.69 Å². The minimum atomic E-state index is -0.157. The van der Waals surface area contributed by atoms with Crippen LogP contribution in [0.4, 0.5) is 10.1 Å². The smallest absolute Gasteiger partial charge is 0.146 e. The van der Waals surface area contributed by atoms with Gasteiger partial charge in [-0.15, -0.1) is 0 Å². The average molecular weight is 266 g/mol. The average Bonchev–Trinajstić information content (AvgIpc) is 2.89. The first-order valence-corrected chi connectivity index (χ1v) is 7.02. The monoisotopic (exact) mass is 266 g/mol. The normalized spacial score (nSPS) is 18.8. The Morgan fingerprint density at radius 1 is 1.47 bits per heavy atom. The highest BCUT2D eigenvalue weighted by atomic mass is 19.1. The maximum atomic E-state index is 14.1. The molecule has 1 aromatic carbocycles. The Morgan fingerprint density at radius 2 is 2.32 bits per heavy atom. The predicted molar refractivity (Wildman–Crippen MR) is 76.0 cm³/mol. The number of benzene rings is 1. The molecule has 1 heterocycles. The molecule has 0 amide bonds. The quantitative estimate of drug-likeness (QED) is 0.856. The van der Waals surface area contributed by atoms with Crippen molar-refractivity contribution < 1.29 is 9.13 Å². The molecule has 1 unspecified atom stereocenters. The summed E-state index contributed by atoms with van der Waals surface area (Å²) in [6.45, 7) is 5.23. The molecule has 19 heavy (non-hydrogen) atoms. The molecule has 1 atom stereocenters. The van der Waals surface area contributed by atoms with E-state index in [4.69, 9.17) is 4.74 Å². The SMILES string of the molecule is CCNCc1ccc(N(C)CC2CCCO2)c(F)c1. The summed E-state index contributed by atoms with van der Waals surface area (Å²) in [6.07, 6.45) is 2.43. The number of nitrogens with zero attached hydrogens (tertiary/aromatic N) is 1. The van der Waals surface area contributed by atoms with Gasteiger partial charge in [0.15, 0.2) is 0 Å². The van der Waals surface area contributed by atoms with Gasteiger partial charge in [-0.05, 0) is 37.1 Å². The van der Waals surface area contributed by atoms with Gasteiger partial charge in [0.25, 0.3) is 0 Å². The maximum absolute atomic E-state index is 14.1. The molecule has 1 saturated heterocycles. The number of hydrogen-bond acceptors (Lipinski definition) is 3. The number of likely N-dealkylation sites (N-methyl/N-ethyl adjacent to an activating group) is 1. The zero-order chi connectivity index (χ0) is 13.7. The zero-order valence-corrected chi connectivity index (χ0v) is 11.8. The van der Waals surface area contributed by atoms with Crippen molar-refractivity contribution in [3.05, 3.63) is 29.6 Å². The Morgan fingerprint density at radius 3 is 2.95 bits per heavy atom. The molecule has 1 fully saturated rings. The van der Waals surface area contributed by atoms with Crippen LogP contribution >= 0.6 is 0 Å². The van der Waals surface area contributed by atoms with Crippen molar-refractivity contribution in [2.45, 2.75) is 32.4 Å². The molecule has 0 aliphatic carbocycles. The minimum absolute atomic E-state index is 0.157. The molecule has 2 rings (SSSR count). The van der Waals surface area contributed by atoms with Crippen LogP contribution in [-0.2, 0) is 11.3 Å². The van der Waals surface area contributed by atoms with E-state index < -0.39 is 0 Å². The fourth-order valence-corrected chi connectivity index (χ4v) is 2.43. The van der Waals surface area contributed by atoms with Crippen LogP contribution in [0, 0.1) is 5.82 Å². The molecular formula is C15H23FN2O. The van der Waals surface area contributed by atoms with Crippen LogP contribution in [0.2, 0.25) is 0 Å². The first-order valence-electron chi connectivity index (χ1n) is 7.02. The van der Waals surface area contributed by atoms with E-state index in [9.17, 15) is 4.39 Å². The third-order valence-electron chi connectivity index (χ3n) is 3.50. The molecule has 4 heteroatoms. The minimum Gasteiger partial charge on any atom is -0.376 e. The van der Waals surface area contributed by atoms with Gasteiger partial charge in [-0.25, -0.2) is 4.39 Å². The number of ether oxygens (including phenoxy) is 1. The van der Waals surface area contributed by atoms with Gasteiger partial charge in [0.2, 0.25) is 0 Å². The van der Waals surface area contributed by atoms with E-state index in [1.165, 1.54) is 0 Å². The van der Waals surface area contributed by atoms with E-state index in [0.717, 1.165) is 38.1 Å². The molecular weight excluding hydrogens is 243 g/mol. The Kier molecular flexibility index (Phi) is 5.16. The van der Waals surface area contributed by atoms with Crippen molar-refractivity contribution in [3.63, 3.8) is 0 Å². The summed E-state index contributed by atoms with van der Waals surface area (Å²) in [4.78, 5) is 1.95. The highest BCUT2D eigenvalue weighted by Crippen LogP contribution is 2.22. The van der Waals surface area contributed by atoms with E-state index in [1.807, 2.05) is 31.0 Å². The number of rotatable bonds is 6. The molecule has 1 N–H and O–H groups in total. The van der Waals surface area contributed by atoms with E-state index >= 15 is 0 Å². The van der Waals surface area contributed by atoms with Gasteiger partial charge in [0.05, 0.1) is 11.8 Å². The van der Waals surface area contributed by atoms with Gasteiger partial charge in [-0.3, -0.25) is 0 Å². The molecule has 1 aromatic rings. The molecule has 1 aliphatic rings. The Labute approximate surface area is 114 Å². The molecule has 0 radical (unpaired) electrons. The fourth-order valence-electron chi connectivity index (χ4n) is 2.43. The van der Waals surface area contributed by atoms with Gasteiger partial charge in [-0.2, -0.15) is 0 Å². The first-order chi connectivity index (χ1) is 9.20. The molecule has 0 aromatic heterocycles. The van der Waals surface area contributed by atoms with Gasteiger partial charge < -0.3 is 15.0 Å². The molecule has 106 valence electrons. The van der Waals surface area contributed by atoms with E-state index in [0.29, 0.717) is 12.2 Å². The summed E-state index contributed by atoms with van der Waals surface area (Å²) in [6, 6.07) is 5.45. The lowest BCUT2D eigenvalue weighted by molar-refractivity contribution is 0.116. The predicted octanol–water partition coefficient (Wildman–Crippen LogP) is 2.55. The van der Waals surface area contributed by atoms with Crippen molar-refractivity contribution in [1.82, 2.24) is 5.32 Å². The van der Waals surface area contributed by atoms with Crippen LogP contribution in [0.15, 0.2) is 18.2 Å². The maximum Gasteiger partial charge on any atom is 0.146 e. The Hall–Kier alpha value is -1.13. The van der Waals surface area contributed by atoms with Gasteiger partial charge >= 0.3 is 0 Å². The summed E-state index contributed by atoms with van der Waals surface area (Å²) in [5.41, 5.74) is 1.63. The summed E-state index contributed by atoms with van der Waals surface area (Å²) in [5, 5.41) is 3.20. The van der Waals surface area contributed by atoms with Gasteiger partial charge in [-0.1, -0.05) is 13.0 Å². The van der Waals surface area contributed by atoms with E-state index in [1.54, 1.807) is 6.07 Å². The van der Waals surface area contributed by atoms with Gasteiger partial charge in [0.1, 0.15) is 5.82 Å². The van der Waals surface area contributed by atoms with Crippen molar-refractivity contribution in [2.75, 3.05) is 31.6 Å². The Balaban J connectivity index is 1.98. The highest BCUT2D eigenvalue weighted by Gasteiger charge is 2.19. The molecule has 0 saturated carbocycles. The van der Waals surface area contributed by atoms with Crippen molar-refractivity contribution in [3.8, 4) is 0 Å². The van der Waals surface area contributed by atoms with Crippen LogP contribution in [0.5, 0.6) is 0 Å². The second-order valence-electron chi connectivity index (χ2n) is 5.08. The second-order valence-corrected chi connectivity index (χ2v) is 5.08. The van der Waals surface area contributed by atoms with Crippen molar-refractivity contribution in [2.24, 2.45) is 0 Å². The fraction of sp³-hybridized carbons (Fsp3) is 0.600. The topological polar surface area (TPSA) is 24.5 Å². The van der Waals surface area contributed by atoms with Crippen LogP contribution in [0.3, 0.4) is 0 Å². The van der Waals surface area contributed by atoms with Crippen LogP contribution in [0.1, 0.15) is 25.3 Å². The summed E-state index contributed by atoms with van der Waals surface area (Å²) in [7, 11) is 1.92. The summed E-state index contributed by atoms with van der Waals surface area (Å²) >= 11 is 0. The second kappa shape index (κ2) is 6.87. The number of hydrogen-bond donors (Lipinski definition) is 1. The van der Waals surface area contributed by atoms with Gasteiger partial charge in [0, 0.05) is 26.7 Å². The summed E-state index contributed by atoms with van der Waals surface area (Å²) < 4.78 is 19.7. The standard InChI is InChI=1S/C15H23FN2O/c1-3-17-10-12-6-7-15(14(16)9-12)18(2)11-13-5-4-8-19-13/h6-7,9,13,17H,3-5,8,10-11H2,1-2H3. The first kappa shape index (κ1) is 14.3. The lowest BCUT2D eigenvalue weighted by Crippen LogP contribution is -2.29. The summed E-state index contributed by atoms with van der Waals surface area (Å²) in [5.74, 6) is -0.157. The highest BCUT2D eigenvalue weighted by molar-refractivity contribution is 5.48. The zero-order valence-electron chi connectivity index (χ0n) is 11.8. The molecule has 0 spiro atoms. The van der Waals surface area contributed by atoms with Crippen LogP contribution in [0.25, 0.3) is 0 Å². The Bertz CT molecular complexity index is 405. The largest absolute Gasteiger partial charge is 0.376 e. The lowest BCUT2D eigenvalue weighted by Gasteiger charge is -2.23. The lowest BCUT2D eigenvalue weighted by atomic mass is 10.1. The molecule has 0 bridgehead atoms. The van der Waals surface area contributed by atoms with E-state index in [-0.39, 0.29) is 11.9 Å².